The molecule has 0 radical (unpaired) electrons. The quantitative estimate of drug-likeness (QED) is 0.840. The molecule has 1 heterocycles. The smallest absolute Gasteiger partial charge is 0.261 e. The topological polar surface area (TPSA) is 76.1 Å². The van der Waals surface area contributed by atoms with E-state index in [9.17, 15) is 14.7 Å². The highest BCUT2D eigenvalue weighted by atomic mass is 16.5. The van der Waals surface area contributed by atoms with Gasteiger partial charge in [0.1, 0.15) is 22.8 Å². The van der Waals surface area contributed by atoms with Crippen LogP contribution in [0.3, 0.4) is 0 Å². The van der Waals surface area contributed by atoms with Crippen molar-refractivity contribution in [1.29, 1.82) is 0 Å². The van der Waals surface area contributed by atoms with Crippen molar-refractivity contribution < 1.29 is 24.2 Å². The fourth-order valence-corrected chi connectivity index (χ4v) is 2.44. The van der Waals surface area contributed by atoms with Crippen LogP contribution in [0.25, 0.3) is 0 Å². The Balaban J connectivity index is 2.25. The van der Waals surface area contributed by atoms with Crippen molar-refractivity contribution in [1.82, 2.24) is 4.90 Å². The summed E-state index contributed by atoms with van der Waals surface area (Å²) in [5.41, 5.74) is 0.680. The van der Waals surface area contributed by atoms with Crippen LogP contribution in [0.5, 0.6) is 11.5 Å². The average Bonchev–Trinajstić information content (AvgIpc) is 2.50. The highest BCUT2D eigenvalue weighted by molar-refractivity contribution is 6.19. The second-order valence-corrected chi connectivity index (χ2v) is 5.03. The summed E-state index contributed by atoms with van der Waals surface area (Å²) in [7, 11) is 3.11. The second-order valence-electron chi connectivity index (χ2n) is 5.03. The van der Waals surface area contributed by atoms with E-state index in [0.29, 0.717) is 24.6 Å². The fourth-order valence-electron chi connectivity index (χ4n) is 2.44. The Morgan fingerprint density at radius 2 is 2.05 bits per heavy atom. The first-order chi connectivity index (χ1) is 10.5. The number of benzene rings is 1. The predicted octanol–water partition coefficient (Wildman–Crippen LogP) is 1.84. The van der Waals surface area contributed by atoms with Crippen molar-refractivity contribution in [3.05, 3.63) is 35.1 Å². The zero-order valence-electron chi connectivity index (χ0n) is 12.9. The molecule has 0 fully saturated rings. The van der Waals surface area contributed by atoms with Crippen molar-refractivity contribution in [2.45, 2.75) is 19.9 Å². The van der Waals surface area contributed by atoms with Crippen molar-refractivity contribution >= 4 is 11.7 Å². The van der Waals surface area contributed by atoms with Crippen LogP contribution in [0.4, 0.5) is 0 Å². The minimum atomic E-state index is -0.450. The van der Waals surface area contributed by atoms with E-state index in [0.717, 1.165) is 5.56 Å². The van der Waals surface area contributed by atoms with Crippen LogP contribution in [-0.2, 0) is 16.1 Å². The number of hydrogen-bond donors (Lipinski definition) is 1. The number of methoxy groups -OCH3 is 2. The zero-order valence-corrected chi connectivity index (χ0v) is 12.9. The largest absolute Gasteiger partial charge is 0.511 e. The third kappa shape index (κ3) is 3.05. The predicted molar refractivity (Wildman–Crippen MR) is 79.9 cm³/mol. The Hall–Kier alpha value is -2.50. The molecule has 0 unspecified atom stereocenters. The number of aliphatic hydroxyl groups excluding tert-OH is 1. The van der Waals surface area contributed by atoms with Crippen LogP contribution in [0, 0.1) is 0 Å². The molecule has 1 aromatic rings. The van der Waals surface area contributed by atoms with Gasteiger partial charge in [0.15, 0.2) is 5.78 Å². The summed E-state index contributed by atoms with van der Waals surface area (Å²) in [5, 5.41) is 9.73. The summed E-state index contributed by atoms with van der Waals surface area (Å²) < 4.78 is 10.5. The Bertz CT molecular complexity index is 635. The Morgan fingerprint density at radius 1 is 1.32 bits per heavy atom. The Kier molecular flexibility index (Phi) is 4.70. The van der Waals surface area contributed by atoms with Crippen molar-refractivity contribution in [3.63, 3.8) is 0 Å². The third-order valence-electron chi connectivity index (χ3n) is 3.62. The van der Waals surface area contributed by atoms with Gasteiger partial charge in [-0.05, 0) is 19.1 Å². The molecule has 22 heavy (non-hydrogen) atoms. The van der Waals surface area contributed by atoms with Gasteiger partial charge >= 0.3 is 0 Å². The van der Waals surface area contributed by atoms with E-state index in [1.807, 2.05) is 6.07 Å². The first-order valence-electron chi connectivity index (χ1n) is 6.91. The van der Waals surface area contributed by atoms with Gasteiger partial charge in [0.2, 0.25) is 0 Å². The number of hydrogen-bond acceptors (Lipinski definition) is 5. The standard InChI is InChI=1S/C16H19NO5/c1-10(18)15-13(19)6-7-17(16(15)20)9-11-4-5-12(21-2)8-14(11)22-3/h4-5,8,19H,6-7,9H2,1-3H3. The molecule has 2 rings (SSSR count). The first kappa shape index (κ1) is 15.9. The molecule has 6 heteroatoms. The van der Waals surface area contributed by atoms with Crippen LogP contribution in [-0.4, -0.2) is 42.5 Å². The highest BCUT2D eigenvalue weighted by Gasteiger charge is 2.30. The number of rotatable bonds is 5. The maximum atomic E-state index is 12.3. The Morgan fingerprint density at radius 3 is 2.64 bits per heavy atom. The van der Waals surface area contributed by atoms with E-state index in [2.05, 4.69) is 0 Å². The normalized spacial score (nSPS) is 15.0. The molecular formula is C16H19NO5. The average molecular weight is 305 g/mol. The summed E-state index contributed by atoms with van der Waals surface area (Å²) in [6, 6.07) is 5.34. The number of carbonyl (C=O) groups excluding carboxylic acids is 2. The number of aliphatic hydroxyl groups is 1. The van der Waals surface area contributed by atoms with Gasteiger partial charge in [0, 0.05) is 31.1 Å². The van der Waals surface area contributed by atoms with Gasteiger partial charge in [-0.25, -0.2) is 0 Å². The number of ketones is 1. The van der Waals surface area contributed by atoms with E-state index < -0.39 is 11.7 Å². The minimum Gasteiger partial charge on any atom is -0.511 e. The molecule has 1 aliphatic heterocycles. The van der Waals surface area contributed by atoms with Crippen LogP contribution < -0.4 is 9.47 Å². The van der Waals surface area contributed by atoms with Gasteiger partial charge < -0.3 is 19.5 Å². The van der Waals surface area contributed by atoms with Gasteiger partial charge in [-0.15, -0.1) is 0 Å². The molecule has 1 N–H and O–H groups in total. The molecule has 1 amide bonds. The molecule has 0 saturated carbocycles. The summed E-state index contributed by atoms with van der Waals surface area (Å²) in [4.78, 5) is 25.4. The zero-order chi connectivity index (χ0) is 16.3. The van der Waals surface area contributed by atoms with Crippen molar-refractivity contribution in [3.8, 4) is 11.5 Å². The molecule has 6 nitrogen and oxygen atoms in total. The van der Waals surface area contributed by atoms with Crippen LogP contribution in [0.15, 0.2) is 29.5 Å². The summed E-state index contributed by atoms with van der Waals surface area (Å²) >= 11 is 0. The lowest BCUT2D eigenvalue weighted by Crippen LogP contribution is -2.38. The summed E-state index contributed by atoms with van der Waals surface area (Å²) in [5.74, 6) is 0.265. The molecule has 0 spiro atoms. The molecular weight excluding hydrogens is 286 g/mol. The number of Topliss-reactive ketones (excluding diaryl/α,β-unsaturated/α-hetero) is 1. The molecule has 0 saturated heterocycles. The fraction of sp³-hybridized carbons (Fsp3) is 0.375. The lowest BCUT2D eigenvalue weighted by Gasteiger charge is -2.28. The Labute approximate surface area is 128 Å². The first-order valence-corrected chi connectivity index (χ1v) is 6.91. The third-order valence-corrected chi connectivity index (χ3v) is 3.62. The SMILES string of the molecule is COc1ccc(CN2CCC(O)=C(C(C)=O)C2=O)c(OC)c1. The van der Waals surface area contributed by atoms with Gasteiger partial charge in [-0.2, -0.15) is 0 Å². The van der Waals surface area contributed by atoms with E-state index in [4.69, 9.17) is 9.47 Å². The van der Waals surface area contributed by atoms with Crippen LogP contribution in [0.1, 0.15) is 18.9 Å². The number of carbonyl (C=O) groups is 2. The highest BCUT2D eigenvalue weighted by Crippen LogP contribution is 2.27. The lowest BCUT2D eigenvalue weighted by molar-refractivity contribution is -0.131. The molecule has 0 aromatic heterocycles. The van der Waals surface area contributed by atoms with Crippen LogP contribution in [0.2, 0.25) is 0 Å². The van der Waals surface area contributed by atoms with Gasteiger partial charge in [0.05, 0.1) is 14.2 Å². The second kappa shape index (κ2) is 6.51. The molecule has 1 aromatic carbocycles. The summed E-state index contributed by atoms with van der Waals surface area (Å²) in [6.07, 6.45) is 0.277. The van der Waals surface area contributed by atoms with Gasteiger partial charge in [-0.1, -0.05) is 0 Å². The number of amides is 1. The number of nitrogens with zero attached hydrogens (tertiary/aromatic N) is 1. The van der Waals surface area contributed by atoms with Crippen LogP contribution >= 0.6 is 0 Å². The molecule has 0 atom stereocenters. The molecule has 0 bridgehead atoms. The monoisotopic (exact) mass is 305 g/mol. The minimum absolute atomic E-state index is 0.126. The lowest BCUT2D eigenvalue weighted by atomic mass is 10.0. The maximum Gasteiger partial charge on any atom is 0.261 e. The van der Waals surface area contributed by atoms with E-state index in [1.165, 1.54) is 11.8 Å². The van der Waals surface area contributed by atoms with Crippen molar-refractivity contribution in [2.24, 2.45) is 0 Å². The van der Waals surface area contributed by atoms with E-state index in [-0.39, 0.29) is 17.8 Å². The number of ether oxygens (including phenoxy) is 2. The molecule has 118 valence electrons. The van der Waals surface area contributed by atoms with Crippen molar-refractivity contribution in [2.75, 3.05) is 20.8 Å². The molecule has 1 aliphatic rings. The summed E-state index contributed by atoms with van der Waals surface area (Å²) in [6.45, 7) is 1.94. The maximum absolute atomic E-state index is 12.3. The van der Waals surface area contributed by atoms with Gasteiger partial charge in [0.25, 0.3) is 5.91 Å². The van der Waals surface area contributed by atoms with E-state index >= 15 is 0 Å². The van der Waals surface area contributed by atoms with Gasteiger partial charge in [-0.3, -0.25) is 9.59 Å². The molecule has 0 aliphatic carbocycles. The van der Waals surface area contributed by atoms with E-state index in [1.54, 1.807) is 26.4 Å².